The van der Waals surface area contributed by atoms with Gasteiger partial charge in [-0.25, -0.2) is 0 Å². The van der Waals surface area contributed by atoms with Crippen molar-refractivity contribution in [2.45, 2.75) is 104 Å². The Bertz CT molecular complexity index is 256. The average Bonchev–Trinajstić information content (AvgIpc) is 2.60. The molecule has 3 nitrogen and oxygen atoms in total. The van der Waals surface area contributed by atoms with Crippen molar-refractivity contribution in [2.24, 2.45) is 11.7 Å². The van der Waals surface area contributed by atoms with Gasteiger partial charge in [0.25, 0.3) is 0 Å². The van der Waals surface area contributed by atoms with Crippen molar-refractivity contribution in [3.05, 3.63) is 11.9 Å². The predicted octanol–water partition coefficient (Wildman–Crippen LogP) is 5.55. The number of nitrogens with two attached hydrogens (primary N) is 1. The van der Waals surface area contributed by atoms with E-state index in [1.54, 1.807) is 0 Å². The molecule has 0 amide bonds. The maximum atomic E-state index is 8.00. The van der Waals surface area contributed by atoms with Crippen molar-refractivity contribution < 1.29 is 4.79 Å². The number of rotatable bonds is 8. The highest BCUT2D eigenvalue weighted by Crippen LogP contribution is 2.18. The van der Waals surface area contributed by atoms with Crippen LogP contribution in [0.5, 0.6) is 0 Å². The minimum Gasteiger partial charge on any atom is -0.401 e. The molecular formula is C20H42N2O. The summed E-state index contributed by atoms with van der Waals surface area (Å²) in [7, 11) is 0. The van der Waals surface area contributed by atoms with Gasteiger partial charge < -0.3 is 15.8 Å². The highest BCUT2D eigenvalue weighted by Gasteiger charge is 2.10. The van der Waals surface area contributed by atoms with Gasteiger partial charge in [-0.2, -0.15) is 0 Å². The summed E-state index contributed by atoms with van der Waals surface area (Å²) in [5.74, 6) is 1.02. The van der Waals surface area contributed by atoms with Gasteiger partial charge in [0.05, 0.1) is 0 Å². The Hall–Kier alpha value is -0.990. The van der Waals surface area contributed by atoms with E-state index in [1.165, 1.54) is 70.6 Å². The lowest BCUT2D eigenvalue weighted by molar-refractivity contribution is -0.0979. The van der Waals surface area contributed by atoms with Gasteiger partial charge in [0, 0.05) is 17.9 Å². The van der Waals surface area contributed by atoms with Crippen LogP contribution in [0.25, 0.3) is 0 Å². The molecule has 138 valence electrons. The van der Waals surface area contributed by atoms with Crippen molar-refractivity contribution in [2.75, 3.05) is 0 Å². The second-order valence-electron chi connectivity index (χ2n) is 6.60. The Balaban J connectivity index is 0. The van der Waals surface area contributed by atoms with E-state index in [0.717, 1.165) is 11.6 Å². The van der Waals surface area contributed by atoms with E-state index in [4.69, 9.17) is 10.5 Å². The largest absolute Gasteiger partial charge is 0.401 e. The Morgan fingerprint density at radius 1 is 1.13 bits per heavy atom. The molecule has 1 aliphatic carbocycles. The molecule has 3 heteroatoms. The van der Waals surface area contributed by atoms with Crippen LogP contribution < -0.4 is 11.1 Å². The van der Waals surface area contributed by atoms with Crippen LogP contribution in [0.3, 0.4) is 0 Å². The van der Waals surface area contributed by atoms with Gasteiger partial charge in [0.15, 0.2) is 0 Å². The summed E-state index contributed by atoms with van der Waals surface area (Å²) in [6.07, 6.45) is 17.1. The number of unbranched alkanes of at least 4 members (excludes halogenated alkanes) is 1. The lowest BCUT2D eigenvalue weighted by atomic mass is 9.95. The van der Waals surface area contributed by atoms with Gasteiger partial charge in [0.2, 0.25) is 0 Å². The van der Waals surface area contributed by atoms with Gasteiger partial charge in [-0.15, -0.1) is 0 Å². The molecule has 3 N–H and O–H groups in total. The maximum Gasteiger partial charge on any atom is 0.106 e. The summed E-state index contributed by atoms with van der Waals surface area (Å²) >= 11 is 0. The number of nitrogens with one attached hydrogen (secondary N) is 1. The molecule has 0 saturated heterocycles. The molecule has 1 saturated carbocycles. The molecule has 0 bridgehead atoms. The Morgan fingerprint density at radius 3 is 2.17 bits per heavy atom. The normalized spacial score (nSPS) is 16.4. The number of carbonyl (C=O) groups excluding carboxylic acids is 1. The van der Waals surface area contributed by atoms with Crippen LogP contribution in [-0.2, 0) is 4.79 Å². The Kier molecular flexibility index (Phi) is 20.1. The first-order valence-corrected chi connectivity index (χ1v) is 9.61. The molecule has 0 aliphatic heterocycles. The van der Waals surface area contributed by atoms with Gasteiger partial charge in [0.1, 0.15) is 6.79 Å². The molecule has 1 fully saturated rings. The number of carbonyl (C=O) groups is 1. The smallest absolute Gasteiger partial charge is 0.106 e. The molecular weight excluding hydrogens is 284 g/mol. The van der Waals surface area contributed by atoms with Crippen LogP contribution in [0.1, 0.15) is 98.3 Å². The molecule has 1 atom stereocenters. The summed E-state index contributed by atoms with van der Waals surface area (Å²) in [4.78, 5) is 8.00. The first-order chi connectivity index (χ1) is 11.1. The summed E-state index contributed by atoms with van der Waals surface area (Å²) in [5.41, 5.74) is 6.38. The Morgan fingerprint density at radius 2 is 1.74 bits per heavy atom. The van der Waals surface area contributed by atoms with E-state index in [2.05, 4.69) is 26.1 Å². The average molecular weight is 327 g/mol. The standard InChI is InChI=1S/C10H22.C9H18N2.CH2O/c1-4-7-9-10(6-3)8-5-2;1-8(10)7-11-9-5-3-2-4-6-9;1-2/h10H,4-9H2,1-3H3;7,9,11H,2-6,10H2,1H3;1H2/b;8-7-;. The fourth-order valence-corrected chi connectivity index (χ4v) is 2.97. The molecule has 0 spiro atoms. The highest BCUT2D eigenvalue weighted by molar-refractivity contribution is 5.11. The second kappa shape index (κ2) is 19.1. The molecule has 1 aliphatic rings. The van der Waals surface area contributed by atoms with E-state index in [0.29, 0.717) is 6.04 Å². The van der Waals surface area contributed by atoms with Crippen LogP contribution in [0.4, 0.5) is 0 Å². The third-order valence-electron chi connectivity index (χ3n) is 4.39. The molecule has 1 rings (SSSR count). The lowest BCUT2D eigenvalue weighted by Crippen LogP contribution is -2.27. The van der Waals surface area contributed by atoms with Crippen molar-refractivity contribution in [3.63, 3.8) is 0 Å². The predicted molar refractivity (Wildman–Crippen MR) is 103 cm³/mol. The fraction of sp³-hybridized carbons (Fsp3) is 0.850. The van der Waals surface area contributed by atoms with Crippen molar-refractivity contribution in [1.82, 2.24) is 5.32 Å². The summed E-state index contributed by atoms with van der Waals surface area (Å²) in [5, 5.41) is 3.33. The van der Waals surface area contributed by atoms with Crippen LogP contribution in [0.15, 0.2) is 11.9 Å². The van der Waals surface area contributed by atoms with Gasteiger partial charge in [-0.1, -0.05) is 78.6 Å². The van der Waals surface area contributed by atoms with E-state index in [-0.39, 0.29) is 0 Å². The lowest BCUT2D eigenvalue weighted by Gasteiger charge is -2.21. The van der Waals surface area contributed by atoms with Crippen molar-refractivity contribution >= 4 is 6.79 Å². The van der Waals surface area contributed by atoms with Gasteiger partial charge >= 0.3 is 0 Å². The van der Waals surface area contributed by atoms with E-state index in [9.17, 15) is 0 Å². The fourth-order valence-electron chi connectivity index (χ4n) is 2.97. The minimum absolute atomic E-state index is 0.683. The third-order valence-corrected chi connectivity index (χ3v) is 4.39. The zero-order chi connectivity index (χ0) is 17.9. The monoisotopic (exact) mass is 326 g/mol. The van der Waals surface area contributed by atoms with E-state index >= 15 is 0 Å². The first kappa shape index (κ1) is 24.3. The maximum absolute atomic E-state index is 8.00. The van der Waals surface area contributed by atoms with E-state index < -0.39 is 0 Å². The molecule has 0 heterocycles. The number of allylic oxidation sites excluding steroid dienone is 1. The molecule has 0 radical (unpaired) electrons. The molecule has 0 aromatic heterocycles. The summed E-state index contributed by atoms with van der Waals surface area (Å²) in [6, 6.07) is 0.683. The molecule has 23 heavy (non-hydrogen) atoms. The molecule has 1 unspecified atom stereocenters. The highest BCUT2D eigenvalue weighted by atomic mass is 16.1. The van der Waals surface area contributed by atoms with Crippen molar-refractivity contribution in [3.8, 4) is 0 Å². The second-order valence-corrected chi connectivity index (χ2v) is 6.60. The van der Waals surface area contributed by atoms with Crippen LogP contribution in [0, 0.1) is 5.92 Å². The minimum atomic E-state index is 0.683. The van der Waals surface area contributed by atoms with Crippen LogP contribution in [-0.4, -0.2) is 12.8 Å². The molecule has 0 aromatic carbocycles. The van der Waals surface area contributed by atoms with Gasteiger partial charge in [-0.3, -0.25) is 0 Å². The van der Waals surface area contributed by atoms with Crippen molar-refractivity contribution in [1.29, 1.82) is 0 Å². The van der Waals surface area contributed by atoms with Crippen LogP contribution >= 0.6 is 0 Å². The number of hydrogen-bond acceptors (Lipinski definition) is 3. The Labute approximate surface area is 145 Å². The zero-order valence-corrected chi connectivity index (χ0v) is 16.2. The SMILES string of the molecule is C/C(N)=C/NC1CCCCC1.C=O.CCCCC(CC)CCC. The topological polar surface area (TPSA) is 55.1 Å². The molecule has 0 aromatic rings. The quantitative estimate of drug-likeness (QED) is 0.615. The first-order valence-electron chi connectivity index (χ1n) is 9.61. The van der Waals surface area contributed by atoms with E-state index in [1.807, 2.05) is 19.9 Å². The zero-order valence-electron chi connectivity index (χ0n) is 16.2. The summed E-state index contributed by atoms with van der Waals surface area (Å²) in [6.45, 7) is 10.8. The van der Waals surface area contributed by atoms with Crippen LogP contribution in [0.2, 0.25) is 0 Å². The summed E-state index contributed by atoms with van der Waals surface area (Å²) < 4.78 is 0. The number of hydrogen-bond donors (Lipinski definition) is 2. The van der Waals surface area contributed by atoms with Gasteiger partial charge in [-0.05, 0) is 25.7 Å². The third kappa shape index (κ3) is 17.2.